The second kappa shape index (κ2) is 10.7. The summed E-state index contributed by atoms with van der Waals surface area (Å²) in [5, 5.41) is 8.23. The van der Waals surface area contributed by atoms with E-state index in [2.05, 4.69) is 35.2 Å². The number of likely N-dealkylation sites (N-methyl/N-ethyl adjacent to an activating group) is 1. The van der Waals surface area contributed by atoms with E-state index in [0.29, 0.717) is 18.3 Å². The number of ether oxygens (including phenoxy) is 2. The van der Waals surface area contributed by atoms with E-state index in [1.165, 1.54) is 5.56 Å². The second-order valence-corrected chi connectivity index (χ2v) is 8.72. The molecule has 1 aromatic carbocycles. The molecule has 0 aliphatic carbocycles. The minimum Gasteiger partial charge on any atom is -0.493 e. The second-order valence-electron chi connectivity index (χ2n) is 7.49. The Labute approximate surface area is 182 Å². The molecule has 1 aliphatic rings. The number of rotatable bonds is 9. The molecule has 9 heteroatoms. The van der Waals surface area contributed by atoms with Crippen LogP contribution in [-0.4, -0.2) is 89.1 Å². The van der Waals surface area contributed by atoms with Gasteiger partial charge >= 0.3 is 0 Å². The van der Waals surface area contributed by atoms with Crippen molar-refractivity contribution in [2.75, 3.05) is 52.4 Å². The van der Waals surface area contributed by atoms with E-state index in [1.54, 1.807) is 25.1 Å². The fourth-order valence-electron chi connectivity index (χ4n) is 3.42. The number of hydrogen-bond donors (Lipinski definition) is 0. The number of thioether (sulfide) groups is 1. The molecule has 1 fully saturated rings. The van der Waals surface area contributed by atoms with Gasteiger partial charge in [-0.3, -0.25) is 9.48 Å². The van der Waals surface area contributed by atoms with Crippen molar-refractivity contribution < 1.29 is 14.3 Å². The van der Waals surface area contributed by atoms with Crippen LogP contribution in [0.3, 0.4) is 0 Å². The Balaban J connectivity index is 1.51. The van der Waals surface area contributed by atoms with Gasteiger partial charge in [0.15, 0.2) is 17.2 Å². The molecule has 2 heterocycles. The molecule has 164 valence electrons. The van der Waals surface area contributed by atoms with E-state index in [4.69, 9.17) is 9.47 Å². The van der Waals surface area contributed by atoms with Crippen LogP contribution in [0, 0.1) is 0 Å². The summed E-state index contributed by atoms with van der Waals surface area (Å²) in [6.45, 7) is 5.26. The van der Waals surface area contributed by atoms with Crippen molar-refractivity contribution in [2.45, 2.75) is 25.9 Å². The number of amides is 1. The predicted molar refractivity (Wildman–Crippen MR) is 119 cm³/mol. The molecule has 2 aromatic rings. The highest BCUT2D eigenvalue weighted by molar-refractivity contribution is 7.99. The maximum Gasteiger partial charge on any atom is 0.276 e. The van der Waals surface area contributed by atoms with Gasteiger partial charge in [0.05, 0.1) is 27.0 Å². The molecule has 0 radical (unpaired) electrons. The number of methoxy groups -OCH3 is 2. The topological polar surface area (TPSA) is 72.7 Å². The Morgan fingerprint density at radius 1 is 1.23 bits per heavy atom. The molecule has 1 saturated heterocycles. The minimum absolute atomic E-state index is 0.0169. The van der Waals surface area contributed by atoms with Crippen LogP contribution < -0.4 is 9.47 Å². The van der Waals surface area contributed by atoms with Crippen molar-refractivity contribution >= 4 is 17.7 Å². The lowest BCUT2D eigenvalue weighted by molar-refractivity contribution is 0.0766. The van der Waals surface area contributed by atoms with Gasteiger partial charge in [-0.05, 0) is 38.1 Å². The number of carbonyl (C=O) groups excluding carboxylic acids is 1. The van der Waals surface area contributed by atoms with Crippen LogP contribution in [0.25, 0.3) is 0 Å². The van der Waals surface area contributed by atoms with Crippen molar-refractivity contribution in [3.8, 4) is 11.5 Å². The van der Waals surface area contributed by atoms with Gasteiger partial charge in [-0.2, -0.15) is 11.8 Å². The van der Waals surface area contributed by atoms with Gasteiger partial charge in [0.1, 0.15) is 0 Å². The van der Waals surface area contributed by atoms with E-state index in [9.17, 15) is 4.79 Å². The van der Waals surface area contributed by atoms with Gasteiger partial charge in [0.25, 0.3) is 5.91 Å². The Kier molecular flexibility index (Phi) is 7.98. The van der Waals surface area contributed by atoms with Crippen LogP contribution >= 0.6 is 11.8 Å². The largest absolute Gasteiger partial charge is 0.493 e. The van der Waals surface area contributed by atoms with Crippen molar-refractivity contribution in [3.63, 3.8) is 0 Å². The van der Waals surface area contributed by atoms with E-state index < -0.39 is 0 Å². The van der Waals surface area contributed by atoms with Crippen LogP contribution in [0.1, 0.15) is 23.0 Å². The first kappa shape index (κ1) is 22.4. The zero-order chi connectivity index (χ0) is 21.5. The predicted octanol–water partition coefficient (Wildman–Crippen LogP) is 2.05. The van der Waals surface area contributed by atoms with E-state index >= 15 is 0 Å². The molecule has 0 saturated carbocycles. The quantitative estimate of drug-likeness (QED) is 0.599. The van der Waals surface area contributed by atoms with Crippen molar-refractivity contribution in [1.29, 1.82) is 0 Å². The summed E-state index contributed by atoms with van der Waals surface area (Å²) < 4.78 is 12.5. The fraction of sp³-hybridized carbons (Fsp3) is 0.571. The van der Waals surface area contributed by atoms with Gasteiger partial charge in [-0.25, -0.2) is 0 Å². The first-order valence-corrected chi connectivity index (χ1v) is 11.4. The molecule has 8 nitrogen and oxygen atoms in total. The number of carbonyl (C=O) groups is 1. The Hall–Kier alpha value is -2.26. The van der Waals surface area contributed by atoms with Crippen LogP contribution in [0.2, 0.25) is 0 Å². The molecule has 1 unspecified atom stereocenters. The van der Waals surface area contributed by atoms with Crippen molar-refractivity contribution in [1.82, 2.24) is 24.8 Å². The lowest BCUT2D eigenvalue weighted by Gasteiger charge is -2.25. The maximum atomic E-state index is 12.5. The van der Waals surface area contributed by atoms with Crippen molar-refractivity contribution in [2.24, 2.45) is 0 Å². The van der Waals surface area contributed by atoms with Gasteiger partial charge in [-0.15, -0.1) is 5.10 Å². The molecule has 0 N–H and O–H groups in total. The normalized spacial score (nSPS) is 15.3. The van der Waals surface area contributed by atoms with Gasteiger partial charge in [-0.1, -0.05) is 11.3 Å². The minimum atomic E-state index is -0.0169. The molecule has 1 amide bonds. The third-order valence-electron chi connectivity index (χ3n) is 5.47. The molecule has 0 spiro atoms. The fourth-order valence-corrected chi connectivity index (χ4v) is 4.32. The average Bonchev–Trinajstić information content (AvgIpc) is 3.26. The summed E-state index contributed by atoms with van der Waals surface area (Å²) in [6, 6.07) is 6.37. The van der Waals surface area contributed by atoms with Crippen LogP contribution in [-0.2, 0) is 13.0 Å². The van der Waals surface area contributed by atoms with Crippen LogP contribution in [0.15, 0.2) is 24.4 Å². The van der Waals surface area contributed by atoms with Crippen LogP contribution in [0.5, 0.6) is 11.5 Å². The van der Waals surface area contributed by atoms with Gasteiger partial charge in [0.2, 0.25) is 0 Å². The summed E-state index contributed by atoms with van der Waals surface area (Å²) in [5.74, 6) is 3.45. The number of aromatic nitrogens is 3. The van der Waals surface area contributed by atoms with Gasteiger partial charge < -0.3 is 19.3 Å². The first-order chi connectivity index (χ1) is 14.5. The SMILES string of the molecule is COc1ccc(CC(C)N(C)CCn2cc(C(=O)N3CCSCC3)nn2)cc1OC. The summed E-state index contributed by atoms with van der Waals surface area (Å²) in [5.41, 5.74) is 1.63. The summed E-state index contributed by atoms with van der Waals surface area (Å²) >= 11 is 1.88. The zero-order valence-electron chi connectivity index (χ0n) is 18.2. The Morgan fingerprint density at radius 2 is 1.97 bits per heavy atom. The Morgan fingerprint density at radius 3 is 2.67 bits per heavy atom. The number of nitrogens with zero attached hydrogens (tertiary/aromatic N) is 5. The summed E-state index contributed by atoms with van der Waals surface area (Å²) in [4.78, 5) is 16.7. The number of hydrogen-bond acceptors (Lipinski definition) is 7. The highest BCUT2D eigenvalue weighted by Crippen LogP contribution is 2.28. The molecular weight excluding hydrogens is 402 g/mol. The molecule has 1 atom stereocenters. The standard InChI is InChI=1S/C21H31N5O3S/c1-16(13-17-5-6-19(28-3)20(14-17)29-4)24(2)7-8-26-15-18(22-23-26)21(27)25-9-11-30-12-10-25/h5-6,14-16H,7-13H2,1-4H3. The zero-order valence-corrected chi connectivity index (χ0v) is 19.0. The lowest BCUT2D eigenvalue weighted by atomic mass is 10.1. The first-order valence-electron chi connectivity index (χ1n) is 10.2. The van der Waals surface area contributed by atoms with Gasteiger partial charge in [0, 0.05) is 37.2 Å². The van der Waals surface area contributed by atoms with E-state index in [1.807, 2.05) is 28.8 Å². The highest BCUT2D eigenvalue weighted by atomic mass is 32.2. The monoisotopic (exact) mass is 433 g/mol. The average molecular weight is 434 g/mol. The molecule has 1 aliphatic heterocycles. The number of benzene rings is 1. The Bertz CT molecular complexity index is 838. The molecule has 3 rings (SSSR count). The molecule has 1 aromatic heterocycles. The van der Waals surface area contributed by atoms with E-state index in [0.717, 1.165) is 49.1 Å². The maximum absolute atomic E-state index is 12.5. The van der Waals surface area contributed by atoms with Crippen molar-refractivity contribution in [3.05, 3.63) is 35.7 Å². The molecular formula is C21H31N5O3S. The molecule has 0 bridgehead atoms. The third-order valence-corrected chi connectivity index (χ3v) is 6.41. The summed E-state index contributed by atoms with van der Waals surface area (Å²) in [6.07, 6.45) is 2.65. The summed E-state index contributed by atoms with van der Waals surface area (Å²) in [7, 11) is 5.39. The van der Waals surface area contributed by atoms with E-state index in [-0.39, 0.29) is 5.91 Å². The molecule has 30 heavy (non-hydrogen) atoms. The highest BCUT2D eigenvalue weighted by Gasteiger charge is 2.21. The van der Waals surface area contributed by atoms with Crippen LogP contribution in [0.4, 0.5) is 0 Å². The smallest absolute Gasteiger partial charge is 0.276 e. The lowest BCUT2D eigenvalue weighted by Crippen LogP contribution is -2.38. The third kappa shape index (κ3) is 5.66.